The van der Waals surface area contributed by atoms with Gasteiger partial charge in [-0.25, -0.2) is 0 Å². The molecule has 116 valence electrons. The van der Waals surface area contributed by atoms with Crippen molar-refractivity contribution in [2.75, 3.05) is 32.5 Å². The van der Waals surface area contributed by atoms with Gasteiger partial charge >= 0.3 is 0 Å². The van der Waals surface area contributed by atoms with E-state index in [0.717, 1.165) is 13.1 Å². The second-order valence-electron chi connectivity index (χ2n) is 5.80. The minimum absolute atomic E-state index is 0.0232. The number of rotatable bonds is 3. The van der Waals surface area contributed by atoms with Gasteiger partial charge in [-0.3, -0.25) is 9.69 Å². The number of nitrogens with zero attached hydrogens (tertiary/aromatic N) is 2. The number of hydrogen-bond acceptors (Lipinski definition) is 4. The predicted octanol–water partition coefficient (Wildman–Crippen LogP) is 1.83. The molecule has 1 aliphatic rings. The van der Waals surface area contributed by atoms with E-state index in [2.05, 4.69) is 25.8 Å². The summed E-state index contributed by atoms with van der Waals surface area (Å²) in [4.78, 5) is 16.9. The van der Waals surface area contributed by atoms with Crippen molar-refractivity contribution < 1.29 is 9.53 Å². The molecule has 1 aliphatic heterocycles. The lowest BCUT2D eigenvalue weighted by molar-refractivity contribution is 0.0414. The third-order valence-corrected chi connectivity index (χ3v) is 4.13. The molecule has 0 bridgehead atoms. The van der Waals surface area contributed by atoms with Gasteiger partial charge in [-0.05, 0) is 40.0 Å². The number of hydrogen-bond donors (Lipinski definition) is 1. The van der Waals surface area contributed by atoms with Crippen molar-refractivity contribution in [3.05, 3.63) is 23.8 Å². The number of benzene rings is 1. The Balaban J connectivity index is 2.20. The van der Waals surface area contributed by atoms with Crippen LogP contribution >= 0.6 is 0 Å². The van der Waals surface area contributed by atoms with Crippen LogP contribution < -0.4 is 10.5 Å². The van der Waals surface area contributed by atoms with Gasteiger partial charge in [0.2, 0.25) is 0 Å². The monoisotopic (exact) mass is 291 g/mol. The average Bonchev–Trinajstić information content (AvgIpc) is 2.43. The third kappa shape index (κ3) is 3.47. The highest BCUT2D eigenvalue weighted by Crippen LogP contribution is 2.22. The van der Waals surface area contributed by atoms with E-state index < -0.39 is 0 Å². The zero-order chi connectivity index (χ0) is 15.6. The van der Waals surface area contributed by atoms with Crippen LogP contribution in [0.3, 0.4) is 0 Å². The molecule has 0 aliphatic carbocycles. The van der Waals surface area contributed by atoms with E-state index in [1.54, 1.807) is 18.2 Å². The Bertz CT molecular complexity index is 506. The van der Waals surface area contributed by atoms with Crippen LogP contribution in [0.1, 0.15) is 31.1 Å². The summed E-state index contributed by atoms with van der Waals surface area (Å²) < 4.78 is 5.47. The van der Waals surface area contributed by atoms with E-state index in [-0.39, 0.29) is 5.91 Å². The van der Waals surface area contributed by atoms with Gasteiger partial charge < -0.3 is 15.4 Å². The summed E-state index contributed by atoms with van der Waals surface area (Å²) in [6, 6.07) is 5.94. The molecule has 1 saturated heterocycles. The van der Waals surface area contributed by atoms with Crippen molar-refractivity contribution in [1.29, 1.82) is 0 Å². The molecule has 0 radical (unpaired) electrons. The molecule has 5 nitrogen and oxygen atoms in total. The molecule has 5 heteroatoms. The van der Waals surface area contributed by atoms with Crippen molar-refractivity contribution in [1.82, 2.24) is 9.80 Å². The number of ether oxygens (including phenoxy) is 1. The Morgan fingerprint density at radius 2 is 1.90 bits per heavy atom. The number of anilines is 1. The van der Waals surface area contributed by atoms with Crippen LogP contribution in [0.2, 0.25) is 0 Å². The standard InChI is InChI=1S/C16H25N3O2/c1-5-21-15-7-13(6-14(17)8-15)16(20)19-9-11(2)18(4)12(3)10-19/h6-8,11-12H,5,9-10,17H2,1-4H3. The molecule has 2 unspecified atom stereocenters. The number of carbonyl (C=O) groups excluding carboxylic acids is 1. The van der Waals surface area contributed by atoms with Crippen LogP contribution in [0.4, 0.5) is 5.69 Å². The largest absolute Gasteiger partial charge is 0.494 e. The van der Waals surface area contributed by atoms with Gasteiger partial charge in [-0.1, -0.05) is 0 Å². The van der Waals surface area contributed by atoms with Gasteiger partial charge in [-0.2, -0.15) is 0 Å². The first-order chi connectivity index (χ1) is 9.92. The van der Waals surface area contributed by atoms with Crippen molar-refractivity contribution in [3.63, 3.8) is 0 Å². The second kappa shape index (κ2) is 6.35. The fourth-order valence-corrected chi connectivity index (χ4v) is 2.75. The van der Waals surface area contributed by atoms with Gasteiger partial charge in [0.1, 0.15) is 5.75 Å². The summed E-state index contributed by atoms with van der Waals surface area (Å²) in [6.07, 6.45) is 0. The summed E-state index contributed by atoms with van der Waals surface area (Å²) in [5, 5.41) is 0. The fourth-order valence-electron chi connectivity index (χ4n) is 2.75. The number of nitrogens with two attached hydrogens (primary N) is 1. The van der Waals surface area contributed by atoms with E-state index in [0.29, 0.717) is 35.7 Å². The van der Waals surface area contributed by atoms with Gasteiger partial charge in [-0.15, -0.1) is 0 Å². The summed E-state index contributed by atoms with van der Waals surface area (Å²) in [5.74, 6) is 0.672. The lowest BCUT2D eigenvalue weighted by Crippen LogP contribution is -2.56. The summed E-state index contributed by atoms with van der Waals surface area (Å²) in [7, 11) is 2.10. The minimum Gasteiger partial charge on any atom is -0.494 e. The first-order valence-electron chi connectivity index (χ1n) is 7.47. The Kier molecular flexibility index (Phi) is 4.73. The van der Waals surface area contributed by atoms with Gasteiger partial charge in [0.25, 0.3) is 5.91 Å². The van der Waals surface area contributed by atoms with E-state index in [4.69, 9.17) is 10.5 Å². The molecule has 1 aromatic rings. The summed E-state index contributed by atoms with van der Waals surface area (Å²) >= 11 is 0. The number of piperazine rings is 1. The topological polar surface area (TPSA) is 58.8 Å². The Hall–Kier alpha value is -1.75. The van der Waals surface area contributed by atoms with Crippen LogP contribution in [0.25, 0.3) is 0 Å². The molecule has 0 spiro atoms. The molecule has 1 fully saturated rings. The van der Waals surface area contributed by atoms with E-state index >= 15 is 0 Å². The highest BCUT2D eigenvalue weighted by atomic mass is 16.5. The van der Waals surface area contributed by atoms with Crippen LogP contribution in [-0.4, -0.2) is 54.5 Å². The van der Waals surface area contributed by atoms with E-state index in [1.807, 2.05) is 11.8 Å². The minimum atomic E-state index is 0.0232. The van der Waals surface area contributed by atoms with E-state index in [1.165, 1.54) is 0 Å². The quantitative estimate of drug-likeness (QED) is 0.863. The Morgan fingerprint density at radius 3 is 2.48 bits per heavy atom. The first kappa shape index (κ1) is 15.6. The third-order valence-electron chi connectivity index (χ3n) is 4.13. The zero-order valence-corrected chi connectivity index (χ0v) is 13.3. The van der Waals surface area contributed by atoms with Gasteiger partial charge in [0.05, 0.1) is 6.61 Å². The maximum absolute atomic E-state index is 12.7. The Labute approximate surface area is 126 Å². The van der Waals surface area contributed by atoms with Crippen molar-refractivity contribution in [2.45, 2.75) is 32.9 Å². The molecule has 0 aromatic heterocycles. The number of nitrogen functional groups attached to an aromatic ring is 1. The van der Waals surface area contributed by atoms with Crippen LogP contribution in [0.15, 0.2) is 18.2 Å². The van der Waals surface area contributed by atoms with E-state index in [9.17, 15) is 4.79 Å². The summed E-state index contributed by atoms with van der Waals surface area (Å²) in [6.45, 7) is 8.22. The van der Waals surface area contributed by atoms with Crippen molar-refractivity contribution >= 4 is 11.6 Å². The van der Waals surface area contributed by atoms with Crippen LogP contribution in [-0.2, 0) is 0 Å². The normalized spacial score (nSPS) is 23.1. The number of carbonyl (C=O) groups is 1. The number of likely N-dealkylation sites (N-methyl/N-ethyl adjacent to an activating group) is 1. The fraction of sp³-hybridized carbons (Fsp3) is 0.562. The molecule has 2 atom stereocenters. The lowest BCUT2D eigenvalue weighted by Gasteiger charge is -2.42. The van der Waals surface area contributed by atoms with Gasteiger partial charge in [0.15, 0.2) is 0 Å². The van der Waals surface area contributed by atoms with Crippen molar-refractivity contribution in [2.24, 2.45) is 0 Å². The molecular formula is C16H25N3O2. The molecule has 1 amide bonds. The predicted molar refractivity (Wildman–Crippen MR) is 84.6 cm³/mol. The molecule has 21 heavy (non-hydrogen) atoms. The maximum atomic E-state index is 12.7. The smallest absolute Gasteiger partial charge is 0.254 e. The van der Waals surface area contributed by atoms with Crippen LogP contribution in [0.5, 0.6) is 5.75 Å². The first-order valence-corrected chi connectivity index (χ1v) is 7.47. The molecule has 0 saturated carbocycles. The lowest BCUT2D eigenvalue weighted by atomic mass is 10.1. The highest BCUT2D eigenvalue weighted by molar-refractivity contribution is 5.95. The van der Waals surface area contributed by atoms with Crippen molar-refractivity contribution in [3.8, 4) is 5.75 Å². The Morgan fingerprint density at radius 1 is 1.29 bits per heavy atom. The molecule has 1 heterocycles. The molecule has 2 N–H and O–H groups in total. The SMILES string of the molecule is CCOc1cc(N)cc(C(=O)N2CC(C)N(C)C(C)C2)c1. The second-order valence-corrected chi connectivity index (χ2v) is 5.80. The number of amides is 1. The maximum Gasteiger partial charge on any atom is 0.254 e. The van der Waals surface area contributed by atoms with Gasteiger partial charge in [0, 0.05) is 42.5 Å². The highest BCUT2D eigenvalue weighted by Gasteiger charge is 2.30. The molecular weight excluding hydrogens is 266 g/mol. The molecule has 1 aromatic carbocycles. The van der Waals surface area contributed by atoms with Crippen LogP contribution in [0, 0.1) is 0 Å². The molecule has 2 rings (SSSR count). The average molecular weight is 291 g/mol. The zero-order valence-electron chi connectivity index (χ0n) is 13.3. The summed E-state index contributed by atoms with van der Waals surface area (Å²) in [5.41, 5.74) is 7.03.